The Kier molecular flexibility index (Phi) is 5.72. The predicted molar refractivity (Wildman–Crippen MR) is 80.0 cm³/mol. The molecule has 0 spiro atoms. The van der Waals surface area contributed by atoms with Crippen LogP contribution in [0.4, 0.5) is 0 Å². The number of methoxy groups -OCH3 is 1. The molecule has 1 aromatic rings. The summed E-state index contributed by atoms with van der Waals surface area (Å²) in [7, 11) is 3.22. The number of carbonyl (C=O) groups excluding carboxylic acids is 1. The zero-order valence-electron chi connectivity index (χ0n) is 13.0. The lowest BCUT2D eigenvalue weighted by Crippen LogP contribution is -2.37. The first kappa shape index (κ1) is 16.7. The smallest absolute Gasteiger partial charge is 0.253 e. The molecule has 0 saturated heterocycles. The lowest BCUT2D eigenvalue weighted by atomic mass is 9.83. The van der Waals surface area contributed by atoms with Crippen LogP contribution in [0.2, 0.25) is 0 Å². The van der Waals surface area contributed by atoms with E-state index in [0.717, 1.165) is 5.56 Å². The molecule has 1 rings (SSSR count). The van der Waals surface area contributed by atoms with Crippen molar-refractivity contribution in [1.82, 2.24) is 4.90 Å². The number of likely N-dealkylation sites (N-methyl/N-ethyl adjacent to an activating group) is 1. The van der Waals surface area contributed by atoms with Gasteiger partial charge < -0.3 is 14.7 Å². The molecule has 4 heteroatoms. The van der Waals surface area contributed by atoms with Gasteiger partial charge in [0.15, 0.2) is 0 Å². The summed E-state index contributed by atoms with van der Waals surface area (Å²) >= 11 is 0. The first-order chi connectivity index (χ1) is 9.27. The van der Waals surface area contributed by atoms with Crippen LogP contribution in [0.5, 0.6) is 0 Å². The average molecular weight is 279 g/mol. The number of hydrogen-bond donors (Lipinski definition) is 1. The van der Waals surface area contributed by atoms with Gasteiger partial charge in [-0.05, 0) is 17.0 Å². The third kappa shape index (κ3) is 4.32. The number of carbonyl (C=O) groups is 1. The van der Waals surface area contributed by atoms with Crippen molar-refractivity contribution in [2.45, 2.75) is 32.3 Å². The number of aliphatic hydroxyl groups is 1. The largest absolute Gasteiger partial charge is 0.389 e. The maximum absolute atomic E-state index is 12.5. The number of benzene rings is 1. The van der Waals surface area contributed by atoms with Crippen molar-refractivity contribution in [2.24, 2.45) is 0 Å². The van der Waals surface area contributed by atoms with E-state index < -0.39 is 6.10 Å². The summed E-state index contributed by atoms with van der Waals surface area (Å²) in [5, 5.41) is 9.73. The van der Waals surface area contributed by atoms with E-state index in [2.05, 4.69) is 20.8 Å². The molecule has 1 amide bonds. The van der Waals surface area contributed by atoms with Crippen LogP contribution < -0.4 is 0 Å². The van der Waals surface area contributed by atoms with Gasteiger partial charge in [-0.15, -0.1) is 0 Å². The summed E-state index contributed by atoms with van der Waals surface area (Å²) < 4.78 is 4.88. The Balaban J connectivity index is 2.92. The van der Waals surface area contributed by atoms with Crippen molar-refractivity contribution >= 4 is 5.91 Å². The van der Waals surface area contributed by atoms with Crippen molar-refractivity contribution in [1.29, 1.82) is 0 Å². The van der Waals surface area contributed by atoms with E-state index in [-0.39, 0.29) is 24.5 Å². The molecule has 20 heavy (non-hydrogen) atoms. The number of ether oxygens (including phenoxy) is 1. The van der Waals surface area contributed by atoms with Gasteiger partial charge in [-0.25, -0.2) is 0 Å². The number of hydrogen-bond acceptors (Lipinski definition) is 3. The summed E-state index contributed by atoms with van der Waals surface area (Å²) in [5.74, 6) is -0.0781. The van der Waals surface area contributed by atoms with Crippen LogP contribution in [0.25, 0.3) is 0 Å². The monoisotopic (exact) mass is 279 g/mol. The highest BCUT2D eigenvalue weighted by Gasteiger charge is 2.23. The molecule has 0 aromatic heterocycles. The molecule has 1 aromatic carbocycles. The van der Waals surface area contributed by atoms with Crippen LogP contribution in [-0.2, 0) is 10.2 Å². The van der Waals surface area contributed by atoms with E-state index in [1.807, 2.05) is 24.3 Å². The molecule has 0 aliphatic carbocycles. The Morgan fingerprint density at radius 2 is 1.95 bits per heavy atom. The van der Waals surface area contributed by atoms with E-state index in [1.54, 1.807) is 7.05 Å². The first-order valence-corrected chi connectivity index (χ1v) is 6.79. The minimum absolute atomic E-state index is 0.0781. The standard InChI is InChI=1S/C16H25NO3/c1-16(2,3)14-9-7-6-8-13(14)15(19)17(4)10-12(18)11-20-5/h6-9,12,18H,10-11H2,1-5H3. The van der Waals surface area contributed by atoms with Gasteiger partial charge in [0.05, 0.1) is 12.7 Å². The van der Waals surface area contributed by atoms with Gasteiger partial charge >= 0.3 is 0 Å². The molecule has 1 unspecified atom stereocenters. The predicted octanol–water partition coefficient (Wildman–Crippen LogP) is 2.06. The van der Waals surface area contributed by atoms with Crippen molar-refractivity contribution in [3.8, 4) is 0 Å². The summed E-state index contributed by atoms with van der Waals surface area (Å²) in [5.41, 5.74) is 1.60. The van der Waals surface area contributed by atoms with Gasteiger partial charge in [0.2, 0.25) is 0 Å². The zero-order chi connectivity index (χ0) is 15.3. The molecular weight excluding hydrogens is 254 g/mol. The van der Waals surface area contributed by atoms with Gasteiger partial charge in [-0.2, -0.15) is 0 Å². The third-order valence-corrected chi connectivity index (χ3v) is 3.16. The molecule has 1 N–H and O–H groups in total. The zero-order valence-corrected chi connectivity index (χ0v) is 13.0. The topological polar surface area (TPSA) is 49.8 Å². The maximum Gasteiger partial charge on any atom is 0.253 e. The SMILES string of the molecule is COCC(O)CN(C)C(=O)c1ccccc1C(C)(C)C. The highest BCUT2D eigenvalue weighted by molar-refractivity contribution is 5.95. The number of aliphatic hydroxyl groups excluding tert-OH is 1. The van der Waals surface area contributed by atoms with Crippen molar-refractivity contribution < 1.29 is 14.6 Å². The fraction of sp³-hybridized carbons (Fsp3) is 0.562. The Morgan fingerprint density at radius 3 is 2.50 bits per heavy atom. The van der Waals surface area contributed by atoms with Gasteiger partial charge in [0.25, 0.3) is 5.91 Å². The molecule has 0 fully saturated rings. The minimum Gasteiger partial charge on any atom is -0.389 e. The van der Waals surface area contributed by atoms with Crippen LogP contribution in [0.1, 0.15) is 36.7 Å². The van der Waals surface area contributed by atoms with Crippen LogP contribution in [0.3, 0.4) is 0 Å². The quantitative estimate of drug-likeness (QED) is 0.897. The lowest BCUT2D eigenvalue weighted by molar-refractivity contribution is 0.0379. The van der Waals surface area contributed by atoms with Crippen LogP contribution in [0.15, 0.2) is 24.3 Å². The van der Waals surface area contributed by atoms with Crippen LogP contribution in [0, 0.1) is 0 Å². The Hall–Kier alpha value is -1.39. The molecule has 0 radical (unpaired) electrons. The molecule has 0 aliphatic heterocycles. The fourth-order valence-corrected chi connectivity index (χ4v) is 2.17. The van der Waals surface area contributed by atoms with Crippen LogP contribution >= 0.6 is 0 Å². The highest BCUT2D eigenvalue weighted by Crippen LogP contribution is 2.26. The highest BCUT2D eigenvalue weighted by atomic mass is 16.5. The lowest BCUT2D eigenvalue weighted by Gasteiger charge is -2.26. The molecule has 1 atom stereocenters. The molecule has 112 valence electrons. The average Bonchev–Trinajstić information content (AvgIpc) is 2.37. The second-order valence-corrected chi connectivity index (χ2v) is 6.09. The fourth-order valence-electron chi connectivity index (χ4n) is 2.17. The van der Waals surface area contributed by atoms with Gasteiger partial charge in [-0.1, -0.05) is 39.0 Å². The molecule has 4 nitrogen and oxygen atoms in total. The summed E-state index contributed by atoms with van der Waals surface area (Å²) in [6.07, 6.45) is -0.671. The summed E-state index contributed by atoms with van der Waals surface area (Å²) in [4.78, 5) is 14.1. The number of amides is 1. The van der Waals surface area contributed by atoms with Gasteiger partial charge in [0, 0.05) is 26.3 Å². The Labute approximate surface area is 121 Å². The molecule has 0 bridgehead atoms. The summed E-state index contributed by atoms with van der Waals surface area (Å²) in [6.45, 7) is 6.72. The summed E-state index contributed by atoms with van der Waals surface area (Å²) in [6, 6.07) is 7.62. The minimum atomic E-state index is -0.671. The van der Waals surface area contributed by atoms with Gasteiger partial charge in [-0.3, -0.25) is 4.79 Å². The second kappa shape index (κ2) is 6.86. The van der Waals surface area contributed by atoms with E-state index in [9.17, 15) is 9.90 Å². The van der Waals surface area contributed by atoms with E-state index in [4.69, 9.17) is 4.74 Å². The molecule has 0 saturated carbocycles. The maximum atomic E-state index is 12.5. The van der Waals surface area contributed by atoms with Crippen LogP contribution in [-0.4, -0.2) is 49.3 Å². The Bertz CT molecular complexity index is 451. The molecule has 0 aliphatic rings. The Morgan fingerprint density at radius 1 is 1.35 bits per heavy atom. The van der Waals surface area contributed by atoms with Gasteiger partial charge in [0.1, 0.15) is 0 Å². The third-order valence-electron chi connectivity index (χ3n) is 3.16. The molecule has 0 heterocycles. The van der Waals surface area contributed by atoms with Crippen molar-refractivity contribution in [2.75, 3.05) is 27.3 Å². The van der Waals surface area contributed by atoms with E-state index >= 15 is 0 Å². The molecular formula is C16H25NO3. The van der Waals surface area contributed by atoms with E-state index in [0.29, 0.717) is 5.56 Å². The van der Waals surface area contributed by atoms with Crippen molar-refractivity contribution in [3.05, 3.63) is 35.4 Å². The first-order valence-electron chi connectivity index (χ1n) is 6.79. The normalized spacial score (nSPS) is 13.1. The van der Waals surface area contributed by atoms with Crippen molar-refractivity contribution in [3.63, 3.8) is 0 Å². The second-order valence-electron chi connectivity index (χ2n) is 6.09. The number of nitrogens with zero attached hydrogens (tertiary/aromatic N) is 1. The number of rotatable bonds is 5. The van der Waals surface area contributed by atoms with E-state index in [1.165, 1.54) is 12.0 Å².